The molecule has 1 aliphatic carbocycles. The molecule has 220 valence electrons. The Bertz CT molecular complexity index is 1690. The SMILES string of the molecule is CO/N=C1/C(=O)N(CCN2CCN(c3c(F)cc4c(=O)c(C(=O)O)cn(C5CC5)c4c3OC)CC2)c2ccc(F)cc21. The van der Waals surface area contributed by atoms with Crippen LogP contribution in [0.3, 0.4) is 0 Å². The number of halogens is 2. The molecular weight excluding hydrogens is 552 g/mol. The van der Waals surface area contributed by atoms with Gasteiger partial charge in [0.15, 0.2) is 17.3 Å². The van der Waals surface area contributed by atoms with E-state index in [1.165, 1.54) is 32.5 Å². The summed E-state index contributed by atoms with van der Waals surface area (Å²) in [5, 5.41) is 13.3. The number of anilines is 2. The van der Waals surface area contributed by atoms with Crippen molar-refractivity contribution in [2.24, 2.45) is 5.16 Å². The van der Waals surface area contributed by atoms with Gasteiger partial charge in [-0.05, 0) is 37.1 Å². The molecule has 1 N–H and O–H groups in total. The third-order valence-electron chi connectivity index (χ3n) is 8.04. The molecule has 3 aliphatic rings. The molecule has 42 heavy (non-hydrogen) atoms. The quantitative estimate of drug-likeness (QED) is 0.404. The molecule has 6 rings (SSSR count). The highest BCUT2D eigenvalue weighted by Crippen LogP contribution is 2.44. The van der Waals surface area contributed by atoms with Crippen LogP contribution in [0.15, 0.2) is 40.4 Å². The zero-order valence-electron chi connectivity index (χ0n) is 23.1. The fourth-order valence-corrected chi connectivity index (χ4v) is 5.85. The van der Waals surface area contributed by atoms with Crippen LogP contribution in [0, 0.1) is 11.6 Å². The Morgan fingerprint density at radius 2 is 1.81 bits per heavy atom. The zero-order chi connectivity index (χ0) is 29.7. The highest BCUT2D eigenvalue weighted by molar-refractivity contribution is 6.54. The number of carboxylic acid groups (broad SMARTS) is 1. The van der Waals surface area contributed by atoms with Gasteiger partial charge in [0.1, 0.15) is 24.2 Å². The van der Waals surface area contributed by atoms with Crippen LogP contribution in [-0.2, 0) is 9.63 Å². The first-order chi connectivity index (χ1) is 20.2. The maximum absolute atomic E-state index is 15.7. The van der Waals surface area contributed by atoms with Crippen molar-refractivity contribution in [1.82, 2.24) is 9.47 Å². The summed E-state index contributed by atoms with van der Waals surface area (Å²) in [6.45, 7) is 2.88. The Balaban J connectivity index is 1.22. The number of aromatic nitrogens is 1. The van der Waals surface area contributed by atoms with Gasteiger partial charge in [-0.15, -0.1) is 0 Å². The number of hydrogen-bond acceptors (Lipinski definition) is 8. The maximum atomic E-state index is 15.7. The van der Waals surface area contributed by atoms with Gasteiger partial charge in [-0.25, -0.2) is 13.6 Å². The van der Waals surface area contributed by atoms with Gasteiger partial charge in [0.25, 0.3) is 5.91 Å². The van der Waals surface area contributed by atoms with E-state index in [9.17, 15) is 23.9 Å². The molecule has 11 nitrogen and oxygen atoms in total. The van der Waals surface area contributed by atoms with E-state index in [-0.39, 0.29) is 34.5 Å². The van der Waals surface area contributed by atoms with E-state index in [0.717, 1.165) is 18.9 Å². The van der Waals surface area contributed by atoms with E-state index < -0.39 is 28.6 Å². The molecule has 0 radical (unpaired) electrons. The Hall–Kier alpha value is -4.52. The van der Waals surface area contributed by atoms with Gasteiger partial charge < -0.3 is 29.0 Å². The fourth-order valence-electron chi connectivity index (χ4n) is 5.85. The average molecular weight is 582 g/mol. The lowest BCUT2D eigenvalue weighted by Crippen LogP contribution is -2.49. The molecule has 2 aromatic carbocycles. The van der Waals surface area contributed by atoms with Gasteiger partial charge in [-0.1, -0.05) is 5.16 Å². The second-order valence-electron chi connectivity index (χ2n) is 10.5. The first-order valence-corrected chi connectivity index (χ1v) is 13.6. The number of oxime groups is 1. The second-order valence-corrected chi connectivity index (χ2v) is 10.5. The monoisotopic (exact) mass is 581 g/mol. The summed E-state index contributed by atoms with van der Waals surface area (Å²) in [6, 6.07) is 5.24. The Kier molecular flexibility index (Phi) is 7.05. The topological polar surface area (TPSA) is 117 Å². The van der Waals surface area contributed by atoms with E-state index in [4.69, 9.17) is 9.57 Å². The minimum absolute atomic E-state index is 0.0135. The number of ether oxygens (including phenoxy) is 1. The third kappa shape index (κ3) is 4.63. The second kappa shape index (κ2) is 10.7. The molecule has 1 saturated carbocycles. The van der Waals surface area contributed by atoms with Gasteiger partial charge in [-0.2, -0.15) is 0 Å². The minimum Gasteiger partial charge on any atom is -0.492 e. The number of rotatable bonds is 8. The molecular formula is C29H29F2N5O6. The molecule has 3 heterocycles. The summed E-state index contributed by atoms with van der Waals surface area (Å²) < 4.78 is 37.0. The number of carbonyl (C=O) groups excluding carboxylic acids is 1. The summed E-state index contributed by atoms with van der Waals surface area (Å²) in [7, 11) is 2.74. The molecule has 1 aromatic heterocycles. The first-order valence-electron chi connectivity index (χ1n) is 13.6. The molecule has 0 spiro atoms. The van der Waals surface area contributed by atoms with Crippen LogP contribution in [0.5, 0.6) is 5.75 Å². The number of piperazine rings is 1. The van der Waals surface area contributed by atoms with Gasteiger partial charge in [-0.3, -0.25) is 14.5 Å². The number of aromatic carboxylic acids is 1. The lowest BCUT2D eigenvalue weighted by atomic mass is 10.1. The van der Waals surface area contributed by atoms with E-state index in [1.54, 1.807) is 15.5 Å². The van der Waals surface area contributed by atoms with Gasteiger partial charge >= 0.3 is 5.97 Å². The van der Waals surface area contributed by atoms with Crippen molar-refractivity contribution < 1.29 is 33.1 Å². The number of fused-ring (bicyclic) bond motifs is 2. The molecule has 0 unspecified atom stereocenters. The molecule has 1 saturated heterocycles. The number of nitrogens with zero attached hydrogens (tertiary/aromatic N) is 5. The summed E-state index contributed by atoms with van der Waals surface area (Å²) in [6.07, 6.45) is 2.98. The predicted octanol–water partition coefficient (Wildman–Crippen LogP) is 2.84. The van der Waals surface area contributed by atoms with Gasteiger partial charge in [0.2, 0.25) is 5.43 Å². The number of benzene rings is 2. The van der Waals surface area contributed by atoms with Crippen molar-refractivity contribution in [3.63, 3.8) is 0 Å². The standard InChI is InChI=1S/C29H29F2N5O6/c1-41-27-24-19(26(37)20(29(39)40)15-36(24)17-4-5-17)14-21(31)25(27)34-10-7-33(8-11-34)9-12-35-22-6-3-16(30)13-18(22)23(28(35)38)32-42-2/h3,6,13-15,17H,4-5,7-12H2,1-2H3,(H,39,40)/b32-23+. The third-order valence-corrected chi connectivity index (χ3v) is 8.04. The van der Waals surface area contributed by atoms with Crippen LogP contribution in [0.1, 0.15) is 34.8 Å². The molecule has 3 aromatic rings. The number of hydrogen-bond donors (Lipinski definition) is 1. The number of carboxylic acids is 1. The smallest absolute Gasteiger partial charge is 0.341 e. The largest absolute Gasteiger partial charge is 0.492 e. The van der Waals surface area contributed by atoms with E-state index in [1.807, 2.05) is 4.90 Å². The van der Waals surface area contributed by atoms with E-state index in [2.05, 4.69) is 10.1 Å². The van der Waals surface area contributed by atoms with Crippen molar-refractivity contribution in [1.29, 1.82) is 0 Å². The normalized spacial score (nSPS) is 18.2. The molecule has 2 fully saturated rings. The van der Waals surface area contributed by atoms with Gasteiger partial charge in [0, 0.05) is 57.1 Å². The van der Waals surface area contributed by atoms with Crippen molar-refractivity contribution in [2.75, 3.05) is 63.3 Å². The van der Waals surface area contributed by atoms with Crippen molar-refractivity contribution >= 4 is 39.9 Å². The summed E-state index contributed by atoms with van der Waals surface area (Å²) in [4.78, 5) is 48.1. The summed E-state index contributed by atoms with van der Waals surface area (Å²) in [5.74, 6) is -2.66. The number of methoxy groups -OCH3 is 1. The van der Waals surface area contributed by atoms with E-state index in [0.29, 0.717) is 56.0 Å². The van der Waals surface area contributed by atoms with Gasteiger partial charge in [0.05, 0.1) is 23.7 Å². The minimum atomic E-state index is -1.36. The maximum Gasteiger partial charge on any atom is 0.341 e. The molecule has 1 amide bonds. The predicted molar refractivity (Wildman–Crippen MR) is 151 cm³/mol. The van der Waals surface area contributed by atoms with Crippen LogP contribution >= 0.6 is 0 Å². The summed E-state index contributed by atoms with van der Waals surface area (Å²) >= 11 is 0. The lowest BCUT2D eigenvalue weighted by Gasteiger charge is -2.37. The highest BCUT2D eigenvalue weighted by Gasteiger charge is 2.36. The van der Waals surface area contributed by atoms with Crippen molar-refractivity contribution in [2.45, 2.75) is 18.9 Å². The highest BCUT2D eigenvalue weighted by atomic mass is 19.1. The zero-order valence-corrected chi connectivity index (χ0v) is 23.1. The lowest BCUT2D eigenvalue weighted by molar-refractivity contribution is -0.112. The average Bonchev–Trinajstić information content (AvgIpc) is 3.78. The number of pyridine rings is 1. The number of carbonyl (C=O) groups is 2. The molecule has 2 aliphatic heterocycles. The molecule has 13 heteroatoms. The van der Waals surface area contributed by atoms with Crippen LogP contribution in [0.4, 0.5) is 20.2 Å². The van der Waals surface area contributed by atoms with Crippen molar-refractivity contribution in [3.05, 3.63) is 63.4 Å². The van der Waals surface area contributed by atoms with Crippen LogP contribution in [0.25, 0.3) is 10.9 Å². The van der Waals surface area contributed by atoms with E-state index >= 15 is 4.39 Å². The van der Waals surface area contributed by atoms with Crippen LogP contribution < -0.4 is 20.0 Å². The molecule has 0 atom stereocenters. The summed E-state index contributed by atoms with van der Waals surface area (Å²) in [5.41, 5.74) is 0.468. The fraction of sp³-hybridized carbons (Fsp3) is 0.379. The molecule has 0 bridgehead atoms. The van der Waals surface area contributed by atoms with Crippen LogP contribution in [-0.4, -0.2) is 85.6 Å². The first kappa shape index (κ1) is 27.6. The Labute approximate surface area is 239 Å². The van der Waals surface area contributed by atoms with Crippen LogP contribution in [0.2, 0.25) is 0 Å². The Morgan fingerprint density at radius 1 is 1.07 bits per heavy atom. The van der Waals surface area contributed by atoms with Crippen molar-refractivity contribution in [3.8, 4) is 5.75 Å². The Morgan fingerprint density at radius 3 is 2.45 bits per heavy atom. The number of amides is 1.